The van der Waals surface area contributed by atoms with E-state index in [0.29, 0.717) is 27.3 Å². The van der Waals surface area contributed by atoms with Crippen molar-refractivity contribution >= 4 is 48.3 Å². The summed E-state index contributed by atoms with van der Waals surface area (Å²) in [6.45, 7) is 5.37. The van der Waals surface area contributed by atoms with Gasteiger partial charge in [-0.3, -0.25) is 14.4 Å². The van der Waals surface area contributed by atoms with Crippen LogP contribution in [0.2, 0.25) is 23.7 Å². The van der Waals surface area contributed by atoms with Crippen molar-refractivity contribution in [3.05, 3.63) is 135 Å². The highest BCUT2D eigenvalue weighted by atomic mass is 35.5. The van der Waals surface area contributed by atoms with E-state index in [9.17, 15) is 19.5 Å². The standard InChI is InChI=1S/C40H40ClFN4O5Si/c1-26-37(52(2,3)42)35(22-36(48)44(19-20-47)24-27-9-5-4-6-10-27)51-40(26)33-21-30(41)15-18-34(33)45(39(40)50)25-28-13-16-31(17-14-28)46-38(49)32-12-8-7-11-29(32)23-43-46/h4-18,21,23,26,35,37,47H,19-20,22,24-25H2,1-3H3/t26-,35+,37-,40+/m1/s1. The number of aromatic nitrogens is 2. The maximum absolute atomic E-state index is 16.4. The van der Waals surface area contributed by atoms with Gasteiger partial charge in [-0.25, -0.2) is 0 Å². The van der Waals surface area contributed by atoms with Crippen LogP contribution < -0.4 is 10.5 Å². The number of aliphatic hydroxyl groups excluding tert-OH is 1. The number of fused-ring (bicyclic) bond motifs is 3. The van der Waals surface area contributed by atoms with E-state index in [4.69, 9.17) is 16.3 Å². The maximum Gasteiger partial charge on any atom is 0.279 e. The Labute approximate surface area is 307 Å². The fourth-order valence-electron chi connectivity index (χ4n) is 8.09. The highest BCUT2D eigenvalue weighted by molar-refractivity contribution is 6.72. The lowest BCUT2D eigenvalue weighted by atomic mass is 9.82. The van der Waals surface area contributed by atoms with Crippen molar-refractivity contribution in [2.75, 3.05) is 18.1 Å². The van der Waals surface area contributed by atoms with Gasteiger partial charge < -0.3 is 23.8 Å². The molecule has 0 unspecified atom stereocenters. The van der Waals surface area contributed by atoms with Gasteiger partial charge in [0.05, 0.1) is 48.6 Å². The molecule has 1 spiro atoms. The summed E-state index contributed by atoms with van der Waals surface area (Å²) in [6.07, 6.45) is 0.631. The van der Waals surface area contributed by atoms with Crippen molar-refractivity contribution in [1.82, 2.24) is 14.7 Å². The smallest absolute Gasteiger partial charge is 0.279 e. The molecule has 52 heavy (non-hydrogen) atoms. The third-order valence-electron chi connectivity index (χ3n) is 10.5. The van der Waals surface area contributed by atoms with Crippen LogP contribution in [-0.2, 0) is 33.0 Å². The van der Waals surface area contributed by atoms with Gasteiger partial charge in [-0.15, -0.1) is 0 Å². The molecule has 2 aliphatic rings. The van der Waals surface area contributed by atoms with E-state index >= 15 is 4.11 Å². The number of anilines is 1. The first-order valence-corrected chi connectivity index (χ1v) is 20.7. The first-order chi connectivity index (χ1) is 24.9. The first kappa shape index (κ1) is 35.7. The average Bonchev–Trinajstić information content (AvgIpc) is 3.55. The highest BCUT2D eigenvalue weighted by Crippen LogP contribution is 2.60. The topological polar surface area (TPSA) is 105 Å². The molecule has 2 aliphatic heterocycles. The zero-order chi connectivity index (χ0) is 36.8. The molecule has 4 aromatic carbocycles. The van der Waals surface area contributed by atoms with E-state index in [1.54, 1.807) is 65.5 Å². The zero-order valence-electron chi connectivity index (χ0n) is 29.2. The molecular formula is C40H40ClFN4O5Si. The fourth-order valence-corrected chi connectivity index (χ4v) is 10.8. The Balaban J connectivity index is 1.19. The lowest BCUT2D eigenvalue weighted by Crippen LogP contribution is -2.45. The summed E-state index contributed by atoms with van der Waals surface area (Å²) in [5.74, 6) is -1.24. The Morgan fingerprint density at radius 1 is 1.00 bits per heavy atom. The van der Waals surface area contributed by atoms with Gasteiger partial charge in [-0.05, 0) is 60.6 Å². The summed E-state index contributed by atoms with van der Waals surface area (Å²) < 4.78 is 24.5. The molecule has 0 bridgehead atoms. The summed E-state index contributed by atoms with van der Waals surface area (Å²) in [5.41, 5.74) is 0.945. The Hall–Kier alpha value is -4.68. The first-order valence-electron chi connectivity index (χ1n) is 17.4. The van der Waals surface area contributed by atoms with Crippen LogP contribution in [0, 0.1) is 5.92 Å². The van der Waals surface area contributed by atoms with E-state index in [1.807, 2.05) is 67.6 Å². The van der Waals surface area contributed by atoms with Crippen molar-refractivity contribution < 1.29 is 23.5 Å². The molecule has 0 saturated carbocycles. The van der Waals surface area contributed by atoms with Gasteiger partial charge in [-0.1, -0.05) is 79.2 Å². The molecule has 0 aliphatic carbocycles. The average molecular weight is 739 g/mol. The lowest BCUT2D eigenvalue weighted by molar-refractivity contribution is -0.150. The second kappa shape index (κ2) is 14.0. The molecule has 1 N–H and O–H groups in total. The van der Waals surface area contributed by atoms with Gasteiger partial charge in [0, 0.05) is 40.5 Å². The minimum absolute atomic E-state index is 0.109. The van der Waals surface area contributed by atoms with Crippen LogP contribution in [0.3, 0.4) is 0 Å². The SMILES string of the molecule is C[C@@H]1[C@@H]([Si](C)(C)F)[C@H](CC(=O)N(CCO)Cc2ccccc2)O[C@@]12C(=O)N(Cc1ccc(-n3ncc4ccccc4c3=O)cc1)c1ccc(Cl)cc12. The Morgan fingerprint density at radius 2 is 1.71 bits per heavy atom. The number of aliphatic hydroxyl groups is 1. The monoisotopic (exact) mass is 738 g/mol. The Morgan fingerprint density at radius 3 is 2.42 bits per heavy atom. The molecule has 12 heteroatoms. The normalized spacial score (nSPS) is 21.2. The molecule has 1 saturated heterocycles. The quantitative estimate of drug-likeness (QED) is 0.125. The van der Waals surface area contributed by atoms with Crippen molar-refractivity contribution in [2.24, 2.45) is 5.92 Å². The van der Waals surface area contributed by atoms with Crippen LogP contribution in [0.25, 0.3) is 16.5 Å². The zero-order valence-corrected chi connectivity index (χ0v) is 31.0. The lowest BCUT2D eigenvalue weighted by Gasteiger charge is -2.31. The predicted octanol–water partition coefficient (Wildman–Crippen LogP) is 6.77. The summed E-state index contributed by atoms with van der Waals surface area (Å²) in [4.78, 5) is 45.1. The molecule has 1 aromatic heterocycles. The molecule has 5 aromatic rings. The van der Waals surface area contributed by atoms with Gasteiger partial charge in [0.25, 0.3) is 11.5 Å². The number of rotatable bonds is 10. The van der Waals surface area contributed by atoms with E-state index in [0.717, 1.165) is 16.5 Å². The van der Waals surface area contributed by atoms with Crippen molar-refractivity contribution in [3.8, 4) is 5.69 Å². The number of benzene rings is 4. The number of nitrogens with zero attached hydrogens (tertiary/aromatic N) is 4. The van der Waals surface area contributed by atoms with Crippen molar-refractivity contribution in [2.45, 2.75) is 56.8 Å². The number of hydrogen-bond donors (Lipinski definition) is 1. The molecule has 7 rings (SSSR count). The molecule has 3 heterocycles. The van der Waals surface area contributed by atoms with Crippen LogP contribution in [0.4, 0.5) is 9.80 Å². The second-order valence-electron chi connectivity index (χ2n) is 14.2. The van der Waals surface area contributed by atoms with E-state index < -0.39 is 31.6 Å². The van der Waals surface area contributed by atoms with Gasteiger partial charge in [-0.2, -0.15) is 9.78 Å². The third-order valence-corrected chi connectivity index (χ3v) is 13.1. The second-order valence-corrected chi connectivity index (χ2v) is 18.4. The largest absolute Gasteiger partial charge is 0.395 e. The van der Waals surface area contributed by atoms with E-state index in [2.05, 4.69) is 5.10 Å². The predicted molar refractivity (Wildman–Crippen MR) is 202 cm³/mol. The summed E-state index contributed by atoms with van der Waals surface area (Å²) in [6, 6.07) is 29.2. The molecule has 2 amide bonds. The molecule has 9 nitrogen and oxygen atoms in total. The number of carbonyl (C=O) groups excluding carboxylic acids is 2. The maximum atomic E-state index is 16.4. The van der Waals surface area contributed by atoms with E-state index in [-0.39, 0.29) is 50.0 Å². The summed E-state index contributed by atoms with van der Waals surface area (Å²) >= 11 is 6.54. The highest BCUT2D eigenvalue weighted by Gasteiger charge is 2.67. The number of amides is 2. The molecule has 1 fully saturated rings. The molecule has 0 radical (unpaired) electrons. The molecule has 4 atom stereocenters. The third kappa shape index (κ3) is 6.36. The summed E-state index contributed by atoms with van der Waals surface area (Å²) in [7, 11) is -3.54. The molecular weight excluding hydrogens is 699 g/mol. The fraction of sp³-hybridized carbons (Fsp3) is 0.300. The van der Waals surface area contributed by atoms with Crippen LogP contribution in [0.5, 0.6) is 0 Å². The van der Waals surface area contributed by atoms with Gasteiger partial charge in [0.15, 0.2) is 5.60 Å². The van der Waals surface area contributed by atoms with Crippen LogP contribution in [-0.4, -0.2) is 59.3 Å². The number of halogens is 2. The van der Waals surface area contributed by atoms with Gasteiger partial charge >= 0.3 is 0 Å². The number of ether oxygens (including phenoxy) is 1. The Kier molecular flexibility index (Phi) is 9.64. The number of hydrogen-bond acceptors (Lipinski definition) is 6. The van der Waals surface area contributed by atoms with Crippen LogP contribution in [0.15, 0.2) is 108 Å². The number of carbonyl (C=O) groups is 2. The van der Waals surface area contributed by atoms with Gasteiger partial charge in [0.1, 0.15) is 0 Å². The minimum atomic E-state index is -3.54. The van der Waals surface area contributed by atoms with Crippen molar-refractivity contribution in [1.29, 1.82) is 0 Å². The van der Waals surface area contributed by atoms with Gasteiger partial charge in [0.2, 0.25) is 14.3 Å². The minimum Gasteiger partial charge on any atom is -0.395 e. The van der Waals surface area contributed by atoms with Crippen LogP contribution in [0.1, 0.15) is 30.0 Å². The van der Waals surface area contributed by atoms with E-state index in [1.165, 1.54) is 4.68 Å². The Bertz CT molecular complexity index is 2200. The van der Waals surface area contributed by atoms with Crippen molar-refractivity contribution in [3.63, 3.8) is 0 Å². The molecule has 268 valence electrons. The van der Waals surface area contributed by atoms with Crippen LogP contribution >= 0.6 is 11.6 Å². The summed E-state index contributed by atoms with van der Waals surface area (Å²) in [5, 5.41) is 15.9.